The lowest BCUT2D eigenvalue weighted by Crippen LogP contribution is -2.14. The van der Waals surface area contributed by atoms with Crippen LogP contribution in [0.1, 0.15) is 26.5 Å². The van der Waals surface area contributed by atoms with Gasteiger partial charge in [0, 0.05) is 5.56 Å². The predicted octanol–water partition coefficient (Wildman–Crippen LogP) is 4.25. The molecule has 0 atom stereocenters. The lowest BCUT2D eigenvalue weighted by atomic mass is 10.1. The molecule has 6 nitrogen and oxygen atoms in total. The average Bonchev–Trinajstić information content (AvgIpc) is 2.99. The van der Waals surface area contributed by atoms with E-state index in [9.17, 15) is 9.59 Å². The van der Waals surface area contributed by atoms with Gasteiger partial charge in [0.25, 0.3) is 5.91 Å². The molecule has 2 N–H and O–H groups in total. The van der Waals surface area contributed by atoms with Crippen molar-refractivity contribution in [1.29, 1.82) is 0 Å². The molecule has 1 heterocycles. The van der Waals surface area contributed by atoms with E-state index in [4.69, 9.17) is 21.2 Å². The summed E-state index contributed by atoms with van der Waals surface area (Å²) in [6.07, 6.45) is 0. The van der Waals surface area contributed by atoms with Gasteiger partial charge >= 0.3 is 5.97 Å². The number of carboxylic acid groups (broad SMARTS) is 1. The Morgan fingerprint density at radius 2 is 1.88 bits per heavy atom. The molecule has 1 amide bonds. The van der Waals surface area contributed by atoms with Gasteiger partial charge in [-0.15, -0.1) is 0 Å². The van der Waals surface area contributed by atoms with Gasteiger partial charge in [-0.2, -0.15) is 0 Å². The second-order valence-corrected chi connectivity index (χ2v) is 5.69. The maximum atomic E-state index is 12.7. The van der Waals surface area contributed by atoms with E-state index in [1.165, 1.54) is 18.2 Å². The van der Waals surface area contributed by atoms with E-state index >= 15 is 0 Å². The van der Waals surface area contributed by atoms with Crippen LogP contribution >= 0.6 is 11.6 Å². The summed E-state index contributed by atoms with van der Waals surface area (Å²) in [5, 5.41) is 15.9. The highest BCUT2D eigenvalue weighted by Gasteiger charge is 2.22. The summed E-state index contributed by atoms with van der Waals surface area (Å²) < 4.78 is 5.16. The Balaban J connectivity index is 1.97. The highest BCUT2D eigenvalue weighted by atomic mass is 35.5. The molecule has 3 aromatic rings. The Morgan fingerprint density at radius 3 is 2.56 bits per heavy atom. The third-order valence-corrected chi connectivity index (χ3v) is 3.93. The average molecular weight is 357 g/mol. The molecular weight excluding hydrogens is 344 g/mol. The molecule has 0 aliphatic rings. The molecular formula is C18H13ClN2O4. The number of aromatic carboxylic acids is 1. The minimum absolute atomic E-state index is 0.0185. The summed E-state index contributed by atoms with van der Waals surface area (Å²) in [5.41, 5.74) is 1.62. The number of nitrogens with one attached hydrogen (secondary N) is 1. The minimum atomic E-state index is -1.11. The fourth-order valence-electron chi connectivity index (χ4n) is 2.37. The Morgan fingerprint density at radius 1 is 1.16 bits per heavy atom. The van der Waals surface area contributed by atoms with Crippen LogP contribution in [0.2, 0.25) is 5.02 Å². The zero-order valence-electron chi connectivity index (χ0n) is 13.1. The summed E-state index contributed by atoms with van der Waals surface area (Å²) in [7, 11) is 0. The second-order valence-electron chi connectivity index (χ2n) is 5.28. The van der Waals surface area contributed by atoms with Crippen molar-refractivity contribution in [2.75, 3.05) is 5.32 Å². The number of amides is 1. The maximum absolute atomic E-state index is 12.7. The lowest BCUT2D eigenvalue weighted by Gasteiger charge is -2.08. The topological polar surface area (TPSA) is 92.4 Å². The molecule has 2 aromatic carbocycles. The van der Waals surface area contributed by atoms with Crippen molar-refractivity contribution < 1.29 is 19.2 Å². The zero-order valence-corrected chi connectivity index (χ0v) is 13.9. The molecule has 0 bridgehead atoms. The number of carbonyl (C=O) groups is 2. The molecule has 126 valence electrons. The number of nitrogens with zero attached hydrogens (tertiary/aromatic N) is 1. The van der Waals surface area contributed by atoms with Gasteiger partial charge in [0.05, 0.1) is 16.3 Å². The van der Waals surface area contributed by atoms with Gasteiger partial charge in [-0.05, 0) is 25.1 Å². The SMILES string of the molecule is Cc1onc(-c2ccccc2)c1C(=O)Nc1cc(C(=O)O)ccc1Cl. The number of carbonyl (C=O) groups excluding carboxylic acids is 1. The minimum Gasteiger partial charge on any atom is -0.478 e. The molecule has 0 spiro atoms. The number of anilines is 1. The fourth-order valence-corrected chi connectivity index (χ4v) is 2.54. The van der Waals surface area contributed by atoms with Gasteiger partial charge in [-0.25, -0.2) is 4.79 Å². The number of carboxylic acids is 1. The van der Waals surface area contributed by atoms with Gasteiger partial charge in [-0.3, -0.25) is 4.79 Å². The number of halogens is 1. The smallest absolute Gasteiger partial charge is 0.335 e. The quantitative estimate of drug-likeness (QED) is 0.728. The first-order valence-electron chi connectivity index (χ1n) is 7.33. The van der Waals surface area contributed by atoms with E-state index in [2.05, 4.69) is 10.5 Å². The molecule has 0 saturated carbocycles. The summed E-state index contributed by atoms with van der Waals surface area (Å²) >= 11 is 6.06. The Labute approximate surface area is 148 Å². The molecule has 25 heavy (non-hydrogen) atoms. The Kier molecular flexibility index (Phi) is 4.54. The summed E-state index contributed by atoms with van der Waals surface area (Å²) in [6, 6.07) is 13.2. The fraction of sp³-hybridized carbons (Fsp3) is 0.0556. The molecule has 0 aliphatic heterocycles. The molecule has 0 saturated heterocycles. The predicted molar refractivity (Wildman–Crippen MR) is 93.0 cm³/mol. The molecule has 0 unspecified atom stereocenters. The first kappa shape index (κ1) is 16.7. The van der Waals surface area contributed by atoms with Gasteiger partial charge < -0.3 is 14.9 Å². The van der Waals surface area contributed by atoms with E-state index in [0.717, 1.165) is 5.56 Å². The van der Waals surface area contributed by atoms with Crippen molar-refractivity contribution in [3.8, 4) is 11.3 Å². The van der Waals surface area contributed by atoms with Crippen molar-refractivity contribution in [2.45, 2.75) is 6.92 Å². The number of hydrogen-bond donors (Lipinski definition) is 2. The highest BCUT2D eigenvalue weighted by Crippen LogP contribution is 2.28. The van der Waals surface area contributed by atoms with E-state index in [-0.39, 0.29) is 21.8 Å². The number of aromatic nitrogens is 1. The second kappa shape index (κ2) is 6.78. The highest BCUT2D eigenvalue weighted by molar-refractivity contribution is 6.34. The number of benzene rings is 2. The largest absolute Gasteiger partial charge is 0.478 e. The van der Waals surface area contributed by atoms with Crippen LogP contribution in [0.15, 0.2) is 53.1 Å². The third-order valence-electron chi connectivity index (χ3n) is 3.60. The van der Waals surface area contributed by atoms with Gasteiger partial charge in [0.1, 0.15) is 17.0 Å². The molecule has 3 rings (SSSR count). The van der Waals surface area contributed by atoms with Crippen LogP contribution in [0.4, 0.5) is 5.69 Å². The summed E-state index contributed by atoms with van der Waals surface area (Å²) in [5.74, 6) is -1.25. The van der Waals surface area contributed by atoms with Crippen LogP contribution in [0, 0.1) is 6.92 Å². The van der Waals surface area contributed by atoms with E-state index in [1.54, 1.807) is 6.92 Å². The van der Waals surface area contributed by atoms with Crippen LogP contribution in [-0.4, -0.2) is 22.1 Å². The van der Waals surface area contributed by atoms with Crippen LogP contribution in [0.25, 0.3) is 11.3 Å². The van der Waals surface area contributed by atoms with Gasteiger partial charge in [0.15, 0.2) is 0 Å². The third kappa shape index (κ3) is 3.39. The van der Waals surface area contributed by atoms with Crippen LogP contribution in [0.3, 0.4) is 0 Å². The molecule has 0 fully saturated rings. The van der Waals surface area contributed by atoms with Crippen LogP contribution in [-0.2, 0) is 0 Å². The normalized spacial score (nSPS) is 10.5. The van der Waals surface area contributed by atoms with Crippen molar-refractivity contribution in [1.82, 2.24) is 5.16 Å². The summed E-state index contributed by atoms with van der Waals surface area (Å²) in [6.45, 7) is 1.63. The zero-order chi connectivity index (χ0) is 18.0. The van der Waals surface area contributed by atoms with Crippen molar-refractivity contribution in [3.05, 3.63) is 70.4 Å². The van der Waals surface area contributed by atoms with E-state index in [1.807, 2.05) is 30.3 Å². The molecule has 0 radical (unpaired) electrons. The molecule has 7 heteroatoms. The van der Waals surface area contributed by atoms with Gasteiger partial charge in [-0.1, -0.05) is 47.1 Å². The number of hydrogen-bond acceptors (Lipinski definition) is 4. The standard InChI is InChI=1S/C18H13ClN2O4/c1-10-15(16(21-25-10)11-5-3-2-4-6-11)17(22)20-14-9-12(18(23)24)7-8-13(14)19/h2-9H,1H3,(H,20,22)(H,23,24). The first-order chi connectivity index (χ1) is 12.0. The van der Waals surface area contributed by atoms with E-state index in [0.29, 0.717) is 11.5 Å². The Bertz CT molecular complexity index is 951. The van der Waals surface area contributed by atoms with Crippen molar-refractivity contribution >= 4 is 29.2 Å². The number of rotatable bonds is 4. The lowest BCUT2D eigenvalue weighted by molar-refractivity contribution is 0.0696. The van der Waals surface area contributed by atoms with E-state index < -0.39 is 11.9 Å². The first-order valence-corrected chi connectivity index (χ1v) is 7.71. The monoisotopic (exact) mass is 356 g/mol. The number of aryl methyl sites for hydroxylation is 1. The van der Waals surface area contributed by atoms with Crippen molar-refractivity contribution in [3.63, 3.8) is 0 Å². The van der Waals surface area contributed by atoms with Gasteiger partial charge in [0.2, 0.25) is 0 Å². The molecule has 1 aromatic heterocycles. The maximum Gasteiger partial charge on any atom is 0.335 e. The summed E-state index contributed by atoms with van der Waals surface area (Å²) in [4.78, 5) is 23.8. The Hall–Kier alpha value is -3.12. The van der Waals surface area contributed by atoms with Crippen LogP contribution in [0.5, 0.6) is 0 Å². The molecule has 0 aliphatic carbocycles. The van der Waals surface area contributed by atoms with Crippen LogP contribution < -0.4 is 5.32 Å². The van der Waals surface area contributed by atoms with Crippen molar-refractivity contribution in [2.24, 2.45) is 0 Å².